The van der Waals surface area contributed by atoms with Gasteiger partial charge in [-0.2, -0.15) is 0 Å². The molecule has 0 saturated carbocycles. The summed E-state index contributed by atoms with van der Waals surface area (Å²) in [5.41, 5.74) is 1.21. The van der Waals surface area contributed by atoms with E-state index in [0.717, 1.165) is 5.03 Å². The number of benzene rings is 2. The molecule has 0 saturated heterocycles. The Labute approximate surface area is 129 Å². The van der Waals surface area contributed by atoms with Gasteiger partial charge in [0.05, 0.1) is 0 Å². The number of nitrogens with zero attached hydrogens (tertiary/aromatic N) is 1. The highest BCUT2D eigenvalue weighted by Crippen LogP contribution is 2.29. The van der Waals surface area contributed by atoms with Crippen molar-refractivity contribution < 1.29 is 0 Å². The number of nitrogens with one attached hydrogen (secondary N) is 1. The maximum Gasteiger partial charge on any atom is 0.101 e. The molecule has 0 bridgehead atoms. The van der Waals surface area contributed by atoms with Crippen LogP contribution in [0.5, 0.6) is 0 Å². The van der Waals surface area contributed by atoms with Gasteiger partial charge in [-0.15, -0.1) is 0 Å². The van der Waals surface area contributed by atoms with E-state index < -0.39 is 0 Å². The van der Waals surface area contributed by atoms with Gasteiger partial charge in [-0.3, -0.25) is 0 Å². The molecule has 0 fully saturated rings. The number of hydrogen-bond donors (Lipinski definition) is 1. The molecule has 0 radical (unpaired) electrons. The second-order valence-electron chi connectivity index (χ2n) is 5.05. The summed E-state index contributed by atoms with van der Waals surface area (Å²) in [5.74, 6) is 0. The van der Waals surface area contributed by atoms with Crippen LogP contribution in [-0.4, -0.2) is 12.0 Å². The summed E-state index contributed by atoms with van der Waals surface area (Å²) >= 11 is 1.70. The molecule has 3 heteroatoms. The Balaban J connectivity index is 1.81. The Hall–Kier alpha value is -1.84. The molecule has 21 heavy (non-hydrogen) atoms. The SMILES string of the molecule is CNC(C)c1ccc(Sc2ccc3ccccc3c2)nc1. The van der Waals surface area contributed by atoms with Crippen LogP contribution in [0.25, 0.3) is 10.8 Å². The fraction of sp³-hybridized carbons (Fsp3) is 0.167. The van der Waals surface area contributed by atoms with Crippen molar-refractivity contribution in [1.82, 2.24) is 10.3 Å². The third-order valence-corrected chi connectivity index (χ3v) is 4.58. The van der Waals surface area contributed by atoms with Crippen molar-refractivity contribution >= 4 is 22.5 Å². The highest BCUT2D eigenvalue weighted by Gasteiger charge is 2.04. The van der Waals surface area contributed by atoms with Gasteiger partial charge in [0.15, 0.2) is 0 Å². The highest BCUT2D eigenvalue weighted by atomic mass is 32.2. The molecule has 1 atom stereocenters. The van der Waals surface area contributed by atoms with Gasteiger partial charge in [-0.25, -0.2) is 4.98 Å². The van der Waals surface area contributed by atoms with Crippen LogP contribution < -0.4 is 5.32 Å². The minimum atomic E-state index is 0.331. The van der Waals surface area contributed by atoms with Crippen LogP contribution >= 0.6 is 11.8 Å². The molecule has 3 aromatic rings. The van der Waals surface area contributed by atoms with Crippen LogP contribution in [0.3, 0.4) is 0 Å². The molecule has 106 valence electrons. The Morgan fingerprint density at radius 3 is 2.52 bits per heavy atom. The van der Waals surface area contributed by atoms with Crippen LogP contribution in [0.4, 0.5) is 0 Å². The number of hydrogen-bond acceptors (Lipinski definition) is 3. The zero-order valence-corrected chi connectivity index (χ0v) is 13.0. The Morgan fingerprint density at radius 1 is 1.00 bits per heavy atom. The van der Waals surface area contributed by atoms with E-state index in [-0.39, 0.29) is 0 Å². The maximum absolute atomic E-state index is 4.55. The number of fused-ring (bicyclic) bond motifs is 1. The molecule has 2 aromatic carbocycles. The van der Waals surface area contributed by atoms with Gasteiger partial charge in [0.25, 0.3) is 0 Å². The first-order valence-corrected chi connectivity index (χ1v) is 7.88. The second-order valence-corrected chi connectivity index (χ2v) is 6.14. The number of rotatable bonds is 4. The largest absolute Gasteiger partial charge is 0.313 e. The minimum Gasteiger partial charge on any atom is -0.313 e. The fourth-order valence-electron chi connectivity index (χ4n) is 2.23. The van der Waals surface area contributed by atoms with E-state index in [1.807, 2.05) is 13.2 Å². The summed E-state index contributed by atoms with van der Waals surface area (Å²) in [4.78, 5) is 5.76. The summed E-state index contributed by atoms with van der Waals surface area (Å²) in [5, 5.41) is 6.79. The van der Waals surface area contributed by atoms with E-state index >= 15 is 0 Å². The van der Waals surface area contributed by atoms with Crippen molar-refractivity contribution in [3.63, 3.8) is 0 Å². The lowest BCUT2D eigenvalue weighted by atomic mass is 10.1. The third kappa shape index (κ3) is 3.26. The molecule has 0 aliphatic rings. The summed E-state index contributed by atoms with van der Waals surface area (Å²) in [6.07, 6.45) is 1.95. The van der Waals surface area contributed by atoms with E-state index in [9.17, 15) is 0 Å². The van der Waals surface area contributed by atoms with E-state index in [2.05, 4.69) is 71.8 Å². The molecular formula is C18H18N2S. The molecule has 0 aliphatic heterocycles. The second kappa shape index (κ2) is 6.29. The zero-order valence-electron chi connectivity index (χ0n) is 12.2. The molecule has 1 aromatic heterocycles. The topological polar surface area (TPSA) is 24.9 Å². The standard InChI is InChI=1S/C18H18N2S/c1-13(19-2)16-8-10-18(20-12-16)21-17-9-7-14-5-3-4-6-15(14)11-17/h3-13,19H,1-2H3. The molecule has 0 amide bonds. The molecule has 0 aliphatic carbocycles. The first-order chi connectivity index (χ1) is 10.3. The molecule has 1 heterocycles. The van der Waals surface area contributed by atoms with Crippen molar-refractivity contribution in [3.8, 4) is 0 Å². The van der Waals surface area contributed by atoms with Gasteiger partial charge in [0, 0.05) is 17.1 Å². The summed E-state index contributed by atoms with van der Waals surface area (Å²) in [6.45, 7) is 2.13. The Bertz CT molecular complexity index is 738. The lowest BCUT2D eigenvalue weighted by Gasteiger charge is -2.10. The van der Waals surface area contributed by atoms with Gasteiger partial charge in [0.1, 0.15) is 5.03 Å². The molecule has 1 N–H and O–H groups in total. The lowest BCUT2D eigenvalue weighted by molar-refractivity contribution is 0.648. The molecule has 3 rings (SSSR count). The predicted octanol–water partition coefficient (Wildman–Crippen LogP) is 4.67. The highest BCUT2D eigenvalue weighted by molar-refractivity contribution is 7.99. The number of pyridine rings is 1. The van der Waals surface area contributed by atoms with Gasteiger partial charge in [-0.1, -0.05) is 48.2 Å². The van der Waals surface area contributed by atoms with Gasteiger partial charge < -0.3 is 5.32 Å². The summed E-state index contributed by atoms with van der Waals surface area (Å²) in [6, 6.07) is 19.5. The van der Waals surface area contributed by atoms with E-state index in [1.54, 1.807) is 11.8 Å². The van der Waals surface area contributed by atoms with Crippen LogP contribution in [-0.2, 0) is 0 Å². The molecule has 1 unspecified atom stereocenters. The summed E-state index contributed by atoms with van der Waals surface area (Å²) < 4.78 is 0. The fourth-order valence-corrected chi connectivity index (χ4v) is 3.03. The van der Waals surface area contributed by atoms with Crippen LogP contribution in [0, 0.1) is 0 Å². The monoisotopic (exact) mass is 294 g/mol. The zero-order chi connectivity index (χ0) is 14.7. The van der Waals surface area contributed by atoms with Crippen molar-refractivity contribution in [1.29, 1.82) is 0 Å². The normalized spacial score (nSPS) is 12.5. The van der Waals surface area contributed by atoms with Gasteiger partial charge in [0.2, 0.25) is 0 Å². The molecule has 0 spiro atoms. The van der Waals surface area contributed by atoms with Crippen LogP contribution in [0.2, 0.25) is 0 Å². The smallest absolute Gasteiger partial charge is 0.101 e. The first-order valence-electron chi connectivity index (χ1n) is 7.06. The van der Waals surface area contributed by atoms with Gasteiger partial charge in [-0.05, 0) is 48.5 Å². The number of aromatic nitrogens is 1. The van der Waals surface area contributed by atoms with E-state index in [1.165, 1.54) is 21.2 Å². The molecular weight excluding hydrogens is 276 g/mol. The Morgan fingerprint density at radius 2 is 1.81 bits per heavy atom. The minimum absolute atomic E-state index is 0.331. The van der Waals surface area contributed by atoms with Crippen LogP contribution in [0.15, 0.2) is 70.7 Å². The van der Waals surface area contributed by atoms with Crippen molar-refractivity contribution in [3.05, 3.63) is 66.4 Å². The van der Waals surface area contributed by atoms with Crippen LogP contribution in [0.1, 0.15) is 18.5 Å². The quantitative estimate of drug-likeness (QED) is 0.757. The maximum atomic E-state index is 4.55. The Kier molecular flexibility index (Phi) is 4.23. The average molecular weight is 294 g/mol. The lowest BCUT2D eigenvalue weighted by Crippen LogP contribution is -2.12. The predicted molar refractivity (Wildman–Crippen MR) is 89.8 cm³/mol. The molecule has 2 nitrogen and oxygen atoms in total. The van der Waals surface area contributed by atoms with Crippen molar-refractivity contribution in [2.24, 2.45) is 0 Å². The average Bonchev–Trinajstić information content (AvgIpc) is 2.55. The van der Waals surface area contributed by atoms with E-state index in [4.69, 9.17) is 0 Å². The first kappa shape index (κ1) is 14.1. The summed E-state index contributed by atoms with van der Waals surface area (Å²) in [7, 11) is 1.96. The van der Waals surface area contributed by atoms with Crippen molar-refractivity contribution in [2.45, 2.75) is 22.9 Å². The van der Waals surface area contributed by atoms with Crippen molar-refractivity contribution in [2.75, 3.05) is 7.05 Å². The van der Waals surface area contributed by atoms with E-state index in [0.29, 0.717) is 6.04 Å². The third-order valence-electron chi connectivity index (χ3n) is 3.64. The van der Waals surface area contributed by atoms with Gasteiger partial charge >= 0.3 is 0 Å².